The molecular weight excluding hydrogens is 395 g/mol. The normalized spacial score (nSPS) is 18.5. The highest BCUT2D eigenvalue weighted by atomic mass is 127. The third-order valence-electron chi connectivity index (χ3n) is 3.98. The molecule has 22 heavy (non-hydrogen) atoms. The molecule has 1 aliphatic rings. The first-order valence-electron chi connectivity index (χ1n) is 7.07. The van der Waals surface area contributed by atoms with Gasteiger partial charge in [-0.05, 0) is 35.1 Å². The number of hydrogen-bond acceptors (Lipinski definition) is 5. The van der Waals surface area contributed by atoms with Crippen molar-refractivity contribution in [2.45, 2.75) is 12.5 Å². The van der Waals surface area contributed by atoms with Crippen LogP contribution in [0.2, 0.25) is 0 Å². The van der Waals surface area contributed by atoms with Gasteiger partial charge in [-0.3, -0.25) is 0 Å². The number of anilines is 1. The fourth-order valence-corrected chi connectivity index (χ4v) is 3.15. The van der Waals surface area contributed by atoms with Crippen molar-refractivity contribution in [1.29, 1.82) is 0 Å². The first-order valence-corrected chi connectivity index (χ1v) is 8.15. The summed E-state index contributed by atoms with van der Waals surface area (Å²) in [6.45, 7) is 1.90. The quantitative estimate of drug-likeness (QED) is 0.487. The molecule has 1 aliphatic heterocycles. The summed E-state index contributed by atoms with van der Waals surface area (Å²) in [5.41, 5.74) is 2.79. The molecule has 1 saturated heterocycles. The number of halogens is 1. The molecule has 7 nitrogen and oxygen atoms in total. The molecule has 4 rings (SSSR count). The second-order valence-corrected chi connectivity index (χ2v) is 6.39. The van der Waals surface area contributed by atoms with Crippen LogP contribution in [0.4, 0.5) is 5.69 Å². The highest BCUT2D eigenvalue weighted by Crippen LogP contribution is 2.23. The van der Waals surface area contributed by atoms with E-state index in [1.54, 1.807) is 17.8 Å². The monoisotopic (exact) mass is 410 g/mol. The minimum atomic E-state index is 0.309. The summed E-state index contributed by atoms with van der Waals surface area (Å²) in [7, 11) is 1.77. The topological polar surface area (TPSA) is 60.5 Å². The Morgan fingerprint density at radius 1 is 1.32 bits per heavy atom. The molecule has 0 aromatic carbocycles. The van der Waals surface area contributed by atoms with Crippen LogP contribution in [0.3, 0.4) is 0 Å². The van der Waals surface area contributed by atoms with Crippen LogP contribution in [-0.4, -0.2) is 50.7 Å². The van der Waals surface area contributed by atoms with Gasteiger partial charge >= 0.3 is 0 Å². The summed E-state index contributed by atoms with van der Waals surface area (Å²) in [6.07, 6.45) is 8.96. The average Bonchev–Trinajstić information content (AvgIpc) is 3.24. The maximum absolute atomic E-state index is 5.42. The Morgan fingerprint density at radius 2 is 2.23 bits per heavy atom. The Kier molecular flexibility index (Phi) is 3.49. The Morgan fingerprint density at radius 3 is 3.05 bits per heavy atom. The summed E-state index contributed by atoms with van der Waals surface area (Å²) < 4.78 is 9.95. The van der Waals surface area contributed by atoms with Crippen molar-refractivity contribution >= 4 is 33.9 Å². The van der Waals surface area contributed by atoms with Gasteiger partial charge in [0.2, 0.25) is 0 Å². The van der Waals surface area contributed by atoms with Gasteiger partial charge in [-0.1, -0.05) is 0 Å². The lowest BCUT2D eigenvalue weighted by Crippen LogP contribution is -2.21. The predicted molar refractivity (Wildman–Crippen MR) is 90.5 cm³/mol. The minimum absolute atomic E-state index is 0.309. The molecule has 1 unspecified atom stereocenters. The summed E-state index contributed by atoms with van der Waals surface area (Å²) in [6, 6.07) is 1.92. The van der Waals surface area contributed by atoms with Crippen LogP contribution in [0.15, 0.2) is 30.9 Å². The highest BCUT2D eigenvalue weighted by molar-refractivity contribution is 14.1. The molecule has 3 aromatic rings. The lowest BCUT2D eigenvalue weighted by molar-refractivity contribution is 0.121. The van der Waals surface area contributed by atoms with Crippen molar-refractivity contribution in [2.24, 2.45) is 0 Å². The summed E-state index contributed by atoms with van der Waals surface area (Å²) in [5, 5.41) is 8.80. The van der Waals surface area contributed by atoms with Crippen LogP contribution in [0.25, 0.3) is 11.3 Å². The number of nitrogens with zero attached hydrogens (tertiary/aromatic N) is 6. The van der Waals surface area contributed by atoms with Crippen molar-refractivity contribution in [3.8, 4) is 5.69 Å². The standard InChI is InChI=1S/C14H15IN6O/c1-22-11-2-4-19(9-11)10-6-16-21(8-10)12-7-17-20-5-3-13(15)18-14(12)20/h3,5-8,11H,2,4,9H2,1H3. The zero-order chi connectivity index (χ0) is 15.1. The molecule has 3 aromatic heterocycles. The van der Waals surface area contributed by atoms with Gasteiger partial charge in [0.25, 0.3) is 0 Å². The number of fused-ring (bicyclic) bond motifs is 1. The zero-order valence-electron chi connectivity index (χ0n) is 12.1. The van der Waals surface area contributed by atoms with Gasteiger partial charge in [0.05, 0.1) is 30.4 Å². The number of aromatic nitrogens is 5. The Labute approximate surface area is 141 Å². The Hall–Kier alpha value is -1.68. The van der Waals surface area contributed by atoms with Crippen LogP contribution < -0.4 is 4.90 Å². The van der Waals surface area contributed by atoms with E-state index in [0.717, 1.165) is 40.2 Å². The van der Waals surface area contributed by atoms with Crippen molar-refractivity contribution < 1.29 is 4.74 Å². The Bertz CT molecular complexity index is 813. The van der Waals surface area contributed by atoms with Crippen LogP contribution >= 0.6 is 22.6 Å². The number of methoxy groups -OCH3 is 1. The lowest BCUT2D eigenvalue weighted by atomic mass is 10.3. The lowest BCUT2D eigenvalue weighted by Gasteiger charge is -2.15. The number of rotatable bonds is 3. The van der Waals surface area contributed by atoms with Gasteiger partial charge in [-0.15, -0.1) is 0 Å². The van der Waals surface area contributed by atoms with Gasteiger partial charge in [0, 0.05) is 26.4 Å². The van der Waals surface area contributed by atoms with Gasteiger partial charge in [0.1, 0.15) is 9.39 Å². The molecule has 0 aliphatic carbocycles. The van der Waals surface area contributed by atoms with E-state index in [9.17, 15) is 0 Å². The third-order valence-corrected chi connectivity index (χ3v) is 4.58. The van der Waals surface area contributed by atoms with E-state index in [1.165, 1.54) is 0 Å². The summed E-state index contributed by atoms with van der Waals surface area (Å²) in [4.78, 5) is 6.83. The minimum Gasteiger partial charge on any atom is -0.380 e. The van der Waals surface area contributed by atoms with E-state index < -0.39 is 0 Å². The molecule has 4 heterocycles. The van der Waals surface area contributed by atoms with E-state index in [-0.39, 0.29) is 0 Å². The van der Waals surface area contributed by atoms with Gasteiger partial charge in [-0.25, -0.2) is 14.2 Å². The second-order valence-electron chi connectivity index (χ2n) is 5.28. The molecule has 0 amide bonds. The van der Waals surface area contributed by atoms with Crippen LogP contribution in [0.1, 0.15) is 6.42 Å². The van der Waals surface area contributed by atoms with Gasteiger partial charge in [0.15, 0.2) is 5.65 Å². The maximum atomic E-state index is 5.42. The fraction of sp³-hybridized carbons (Fsp3) is 0.357. The fourth-order valence-electron chi connectivity index (χ4n) is 2.76. The van der Waals surface area contributed by atoms with Crippen LogP contribution in [0.5, 0.6) is 0 Å². The second kappa shape index (κ2) is 5.51. The van der Waals surface area contributed by atoms with E-state index in [1.807, 2.05) is 29.3 Å². The molecular formula is C14H15IN6O. The molecule has 0 N–H and O–H groups in total. The highest BCUT2D eigenvalue weighted by Gasteiger charge is 2.23. The first kappa shape index (κ1) is 13.9. The zero-order valence-corrected chi connectivity index (χ0v) is 14.2. The SMILES string of the molecule is COC1CCN(c2cnn(-c3cnn4ccc(I)nc34)c2)C1. The maximum Gasteiger partial charge on any atom is 0.182 e. The number of hydrogen-bond donors (Lipinski definition) is 0. The molecule has 1 fully saturated rings. The third kappa shape index (κ3) is 2.35. The summed E-state index contributed by atoms with van der Waals surface area (Å²) >= 11 is 2.20. The van der Waals surface area contributed by atoms with E-state index >= 15 is 0 Å². The molecule has 0 bridgehead atoms. The van der Waals surface area contributed by atoms with Crippen molar-refractivity contribution in [2.75, 3.05) is 25.1 Å². The molecule has 0 radical (unpaired) electrons. The first-order chi connectivity index (χ1) is 10.7. The Balaban J connectivity index is 1.67. The number of ether oxygens (including phenoxy) is 1. The molecule has 8 heteroatoms. The van der Waals surface area contributed by atoms with Gasteiger partial charge in [-0.2, -0.15) is 10.2 Å². The smallest absolute Gasteiger partial charge is 0.182 e. The van der Waals surface area contributed by atoms with Crippen LogP contribution in [-0.2, 0) is 4.74 Å². The van der Waals surface area contributed by atoms with Crippen LogP contribution in [0, 0.1) is 3.70 Å². The molecule has 0 spiro atoms. The molecule has 0 saturated carbocycles. The van der Waals surface area contributed by atoms with Crippen molar-refractivity contribution in [3.63, 3.8) is 0 Å². The largest absolute Gasteiger partial charge is 0.380 e. The summed E-state index contributed by atoms with van der Waals surface area (Å²) in [5.74, 6) is 0. The predicted octanol–water partition coefficient (Wildman–Crippen LogP) is 1.74. The van der Waals surface area contributed by atoms with Crippen molar-refractivity contribution in [1.82, 2.24) is 24.4 Å². The van der Waals surface area contributed by atoms with E-state index in [2.05, 4.69) is 42.7 Å². The van der Waals surface area contributed by atoms with E-state index in [0.29, 0.717) is 6.10 Å². The molecule has 114 valence electrons. The average molecular weight is 410 g/mol. The van der Waals surface area contributed by atoms with Crippen molar-refractivity contribution in [3.05, 3.63) is 34.6 Å². The van der Waals surface area contributed by atoms with E-state index in [4.69, 9.17) is 4.74 Å². The van der Waals surface area contributed by atoms with Gasteiger partial charge < -0.3 is 9.64 Å². The molecule has 1 atom stereocenters.